The minimum absolute atomic E-state index is 0.123. The Morgan fingerprint density at radius 1 is 1.21 bits per heavy atom. The lowest BCUT2D eigenvalue weighted by Gasteiger charge is -2.36. The highest BCUT2D eigenvalue weighted by atomic mass is 19.1. The van der Waals surface area contributed by atoms with E-state index < -0.39 is 0 Å². The average molecular weight is 385 g/mol. The number of oxazole rings is 1. The number of carbonyl (C=O) groups excluding carboxylic acids is 1. The molecule has 4 rings (SSSR count). The lowest BCUT2D eigenvalue weighted by atomic mass is 9.92. The van der Waals surface area contributed by atoms with Crippen molar-refractivity contribution in [3.63, 3.8) is 0 Å². The van der Waals surface area contributed by atoms with Crippen LogP contribution in [0.3, 0.4) is 0 Å². The molecule has 0 bridgehead atoms. The van der Waals surface area contributed by atoms with Crippen molar-refractivity contribution >= 4 is 5.91 Å². The lowest BCUT2D eigenvalue weighted by Crippen LogP contribution is -2.45. The Balaban J connectivity index is 1.39. The molecule has 28 heavy (non-hydrogen) atoms. The summed E-state index contributed by atoms with van der Waals surface area (Å²) < 4.78 is 19.8. The Kier molecular flexibility index (Phi) is 5.76. The van der Waals surface area contributed by atoms with Gasteiger partial charge in [0.15, 0.2) is 5.89 Å². The van der Waals surface area contributed by atoms with E-state index >= 15 is 0 Å². The van der Waals surface area contributed by atoms with E-state index in [1.807, 2.05) is 11.0 Å². The molecule has 1 aromatic carbocycles. The zero-order valence-corrected chi connectivity index (χ0v) is 16.4. The second-order valence-corrected chi connectivity index (χ2v) is 8.13. The number of benzene rings is 1. The molecule has 2 saturated heterocycles. The fourth-order valence-corrected chi connectivity index (χ4v) is 4.32. The molecule has 0 aliphatic carbocycles. The Labute approximate surface area is 165 Å². The molecule has 0 unspecified atom stereocenters. The van der Waals surface area contributed by atoms with Crippen molar-refractivity contribution in [3.05, 3.63) is 53.5 Å². The first kappa shape index (κ1) is 19.1. The third-order valence-electron chi connectivity index (χ3n) is 6.04. The van der Waals surface area contributed by atoms with E-state index in [9.17, 15) is 9.18 Å². The molecule has 2 fully saturated rings. The van der Waals surface area contributed by atoms with E-state index in [1.165, 1.54) is 6.07 Å². The van der Waals surface area contributed by atoms with Gasteiger partial charge in [0.2, 0.25) is 5.91 Å². The molecular formula is C22H28FN3O2. The number of aromatic nitrogens is 1. The largest absolute Gasteiger partial charge is 0.445 e. The van der Waals surface area contributed by atoms with E-state index in [1.54, 1.807) is 18.3 Å². The summed E-state index contributed by atoms with van der Waals surface area (Å²) in [6.45, 7) is 3.48. The maximum absolute atomic E-state index is 13.9. The van der Waals surface area contributed by atoms with E-state index in [4.69, 9.17) is 4.42 Å². The van der Waals surface area contributed by atoms with Crippen LogP contribution in [0.15, 0.2) is 34.9 Å². The van der Waals surface area contributed by atoms with Crippen LogP contribution in [0.5, 0.6) is 0 Å². The highest BCUT2D eigenvalue weighted by Crippen LogP contribution is 2.29. The predicted octanol–water partition coefficient (Wildman–Crippen LogP) is 3.45. The molecule has 0 spiro atoms. The SMILES string of the molecule is CN1CCC(C(=O)N2CCC[C@@H](c3ncc(Cc4ccccc4F)o3)C2)CC1. The molecule has 0 saturated carbocycles. The molecule has 150 valence electrons. The molecule has 6 heteroatoms. The highest BCUT2D eigenvalue weighted by molar-refractivity contribution is 5.79. The Morgan fingerprint density at radius 3 is 2.79 bits per heavy atom. The number of likely N-dealkylation sites (tertiary alicyclic amines) is 2. The van der Waals surface area contributed by atoms with E-state index in [2.05, 4.69) is 16.9 Å². The van der Waals surface area contributed by atoms with E-state index in [0.29, 0.717) is 30.2 Å². The van der Waals surface area contributed by atoms with Gasteiger partial charge in [0.05, 0.1) is 12.1 Å². The van der Waals surface area contributed by atoms with E-state index in [-0.39, 0.29) is 23.6 Å². The molecule has 2 aliphatic rings. The van der Waals surface area contributed by atoms with Crippen molar-refractivity contribution in [1.29, 1.82) is 0 Å². The van der Waals surface area contributed by atoms with Gasteiger partial charge in [-0.15, -0.1) is 0 Å². The van der Waals surface area contributed by atoms with Crippen molar-refractivity contribution in [2.24, 2.45) is 5.92 Å². The maximum atomic E-state index is 13.9. The first-order valence-corrected chi connectivity index (χ1v) is 10.3. The molecule has 2 aromatic rings. The molecule has 5 nitrogen and oxygen atoms in total. The van der Waals surface area contributed by atoms with Crippen molar-refractivity contribution in [2.45, 2.75) is 38.0 Å². The number of rotatable bonds is 4. The van der Waals surface area contributed by atoms with Gasteiger partial charge in [-0.1, -0.05) is 18.2 Å². The second kappa shape index (κ2) is 8.43. The molecule has 0 N–H and O–H groups in total. The summed E-state index contributed by atoms with van der Waals surface area (Å²) in [5.74, 6) is 1.67. The van der Waals surface area contributed by atoms with Gasteiger partial charge in [-0.05, 0) is 57.5 Å². The van der Waals surface area contributed by atoms with Crippen LogP contribution in [-0.2, 0) is 11.2 Å². The van der Waals surface area contributed by atoms with Crippen LogP contribution in [0.1, 0.15) is 48.8 Å². The topological polar surface area (TPSA) is 49.6 Å². The number of piperidine rings is 2. The lowest BCUT2D eigenvalue weighted by molar-refractivity contribution is -0.138. The molecular weight excluding hydrogens is 357 g/mol. The predicted molar refractivity (Wildman–Crippen MR) is 104 cm³/mol. The van der Waals surface area contributed by atoms with Crippen molar-refractivity contribution < 1.29 is 13.6 Å². The third kappa shape index (κ3) is 4.27. The quantitative estimate of drug-likeness (QED) is 0.809. The summed E-state index contributed by atoms with van der Waals surface area (Å²) in [6, 6.07) is 6.73. The van der Waals surface area contributed by atoms with E-state index in [0.717, 1.165) is 45.3 Å². The Morgan fingerprint density at radius 2 is 2.00 bits per heavy atom. The van der Waals surface area contributed by atoms with Crippen molar-refractivity contribution in [1.82, 2.24) is 14.8 Å². The van der Waals surface area contributed by atoms with Crippen LogP contribution in [0.25, 0.3) is 0 Å². The van der Waals surface area contributed by atoms with Crippen molar-refractivity contribution in [3.8, 4) is 0 Å². The first-order chi connectivity index (χ1) is 13.6. The fourth-order valence-electron chi connectivity index (χ4n) is 4.32. The molecule has 0 radical (unpaired) electrons. The van der Waals surface area contributed by atoms with Gasteiger partial charge in [-0.3, -0.25) is 4.79 Å². The smallest absolute Gasteiger partial charge is 0.225 e. The fraction of sp³-hybridized carbons (Fsp3) is 0.545. The van der Waals surface area contributed by atoms with Gasteiger partial charge in [0.25, 0.3) is 0 Å². The highest BCUT2D eigenvalue weighted by Gasteiger charge is 2.32. The average Bonchev–Trinajstić information content (AvgIpc) is 3.19. The second-order valence-electron chi connectivity index (χ2n) is 8.13. The van der Waals surface area contributed by atoms with Gasteiger partial charge >= 0.3 is 0 Å². The summed E-state index contributed by atoms with van der Waals surface area (Å²) >= 11 is 0. The van der Waals surface area contributed by atoms with Gasteiger partial charge in [-0.2, -0.15) is 0 Å². The van der Waals surface area contributed by atoms with Crippen LogP contribution in [0, 0.1) is 11.7 Å². The zero-order valence-electron chi connectivity index (χ0n) is 16.4. The standard InChI is InChI=1S/C22H28FN3O2/c1-25-11-8-16(9-12-25)22(27)26-10-4-6-18(15-26)21-24-14-19(28-21)13-17-5-2-3-7-20(17)23/h2-3,5,7,14,16,18H,4,6,8-13,15H2,1H3/t18-/m1/s1. The normalized spacial score (nSPS) is 21.8. The summed E-state index contributed by atoms with van der Waals surface area (Å²) in [7, 11) is 2.11. The summed E-state index contributed by atoms with van der Waals surface area (Å²) in [5.41, 5.74) is 0.605. The molecule has 3 heterocycles. The molecule has 1 amide bonds. The van der Waals surface area contributed by atoms with Crippen LogP contribution in [0.4, 0.5) is 4.39 Å². The van der Waals surface area contributed by atoms with Crippen molar-refractivity contribution in [2.75, 3.05) is 33.2 Å². The minimum Gasteiger partial charge on any atom is -0.445 e. The monoisotopic (exact) mass is 385 g/mol. The maximum Gasteiger partial charge on any atom is 0.225 e. The Hall–Kier alpha value is -2.21. The molecule has 2 aliphatic heterocycles. The first-order valence-electron chi connectivity index (χ1n) is 10.3. The molecule has 1 aromatic heterocycles. The Bertz CT molecular complexity index is 814. The zero-order chi connectivity index (χ0) is 19.5. The van der Waals surface area contributed by atoms with Gasteiger partial charge in [0, 0.05) is 25.4 Å². The number of hydrogen-bond donors (Lipinski definition) is 0. The van der Waals surface area contributed by atoms with Gasteiger partial charge < -0.3 is 14.2 Å². The summed E-state index contributed by atoms with van der Waals surface area (Å²) in [5, 5.41) is 0. The summed E-state index contributed by atoms with van der Waals surface area (Å²) in [4.78, 5) is 21.7. The third-order valence-corrected chi connectivity index (χ3v) is 6.04. The van der Waals surface area contributed by atoms with Crippen LogP contribution < -0.4 is 0 Å². The number of amides is 1. The summed E-state index contributed by atoms with van der Waals surface area (Å²) in [6.07, 6.45) is 5.92. The van der Waals surface area contributed by atoms with Crippen LogP contribution in [0.2, 0.25) is 0 Å². The minimum atomic E-state index is -0.229. The van der Waals surface area contributed by atoms with Crippen LogP contribution in [-0.4, -0.2) is 53.9 Å². The van der Waals surface area contributed by atoms with Gasteiger partial charge in [0.1, 0.15) is 11.6 Å². The number of halogens is 1. The number of nitrogens with zero attached hydrogens (tertiary/aromatic N) is 3. The van der Waals surface area contributed by atoms with Crippen LogP contribution >= 0.6 is 0 Å². The number of hydrogen-bond acceptors (Lipinski definition) is 4. The molecule has 1 atom stereocenters. The number of carbonyl (C=O) groups is 1. The van der Waals surface area contributed by atoms with Gasteiger partial charge in [-0.25, -0.2) is 9.37 Å².